The second kappa shape index (κ2) is 11.3. The molecule has 0 unspecified atom stereocenters. The zero-order chi connectivity index (χ0) is 24.8. The van der Waals surface area contributed by atoms with Gasteiger partial charge in [0.25, 0.3) is 5.91 Å². The van der Waals surface area contributed by atoms with E-state index >= 15 is 0 Å². The van der Waals surface area contributed by atoms with E-state index in [1.54, 1.807) is 0 Å². The number of para-hydroxylation sites is 1. The first-order valence-corrected chi connectivity index (χ1v) is 13.2. The summed E-state index contributed by atoms with van der Waals surface area (Å²) in [7, 11) is 0. The van der Waals surface area contributed by atoms with Crippen LogP contribution in [0.5, 0.6) is 5.75 Å². The fraction of sp³-hybridized carbons (Fsp3) is 0.533. The average Bonchev–Trinajstić information content (AvgIpc) is 2.85. The molecule has 2 heterocycles. The van der Waals surface area contributed by atoms with Crippen LogP contribution in [0.25, 0.3) is 0 Å². The molecule has 0 radical (unpaired) electrons. The number of nitrogens with one attached hydrogen (secondary N) is 1. The third-order valence-corrected chi connectivity index (χ3v) is 7.72. The summed E-state index contributed by atoms with van der Waals surface area (Å²) < 4.78 is 6.24. The molecule has 4 rings (SSSR count). The molecule has 0 aromatic heterocycles. The quantitative estimate of drug-likeness (QED) is 0.632. The Morgan fingerprint density at radius 2 is 1.77 bits per heavy atom. The first kappa shape index (κ1) is 25.3. The SMILES string of the molecule is Cc1ccccc1C(=O)N1CCC2(CCCCc3ccccc3OC[C@H](CC(C)C)NC2=O)CC1. The van der Waals surface area contributed by atoms with Gasteiger partial charge in [-0.15, -0.1) is 0 Å². The third kappa shape index (κ3) is 6.06. The Labute approximate surface area is 210 Å². The molecule has 5 nitrogen and oxygen atoms in total. The Hall–Kier alpha value is -2.82. The number of fused-ring (bicyclic) bond motifs is 1. The highest BCUT2D eigenvalue weighted by Crippen LogP contribution is 2.38. The number of likely N-dealkylation sites (tertiary alicyclic amines) is 1. The van der Waals surface area contributed by atoms with Gasteiger partial charge in [-0.3, -0.25) is 9.59 Å². The van der Waals surface area contributed by atoms with Gasteiger partial charge >= 0.3 is 0 Å². The van der Waals surface area contributed by atoms with Crippen LogP contribution < -0.4 is 10.1 Å². The maximum absolute atomic E-state index is 13.8. The Morgan fingerprint density at radius 1 is 1.06 bits per heavy atom. The van der Waals surface area contributed by atoms with E-state index in [9.17, 15) is 9.59 Å². The summed E-state index contributed by atoms with van der Waals surface area (Å²) in [6.45, 7) is 8.07. The van der Waals surface area contributed by atoms with Crippen molar-refractivity contribution >= 4 is 11.8 Å². The van der Waals surface area contributed by atoms with Gasteiger partial charge in [0.1, 0.15) is 12.4 Å². The summed E-state index contributed by atoms with van der Waals surface area (Å²) in [4.78, 5) is 28.9. The lowest BCUT2D eigenvalue weighted by molar-refractivity contribution is -0.135. The second-order valence-electron chi connectivity index (χ2n) is 10.8. The molecule has 0 bridgehead atoms. The van der Waals surface area contributed by atoms with Gasteiger partial charge in [0, 0.05) is 18.7 Å². The Kier molecular flexibility index (Phi) is 8.15. The largest absolute Gasteiger partial charge is 0.491 e. The summed E-state index contributed by atoms with van der Waals surface area (Å²) in [5, 5.41) is 3.38. The highest BCUT2D eigenvalue weighted by molar-refractivity contribution is 5.96. The van der Waals surface area contributed by atoms with Crippen LogP contribution in [0.1, 0.15) is 73.9 Å². The Balaban J connectivity index is 1.50. The van der Waals surface area contributed by atoms with Gasteiger partial charge in [-0.05, 0) is 74.6 Å². The molecule has 188 valence electrons. The van der Waals surface area contributed by atoms with Gasteiger partial charge < -0.3 is 15.0 Å². The number of piperidine rings is 1. The van der Waals surface area contributed by atoms with E-state index in [-0.39, 0.29) is 17.9 Å². The van der Waals surface area contributed by atoms with Crippen molar-refractivity contribution in [2.24, 2.45) is 11.3 Å². The molecule has 1 atom stereocenters. The lowest BCUT2D eigenvalue weighted by Gasteiger charge is -2.42. The normalized spacial score (nSPS) is 20.9. The van der Waals surface area contributed by atoms with Crippen molar-refractivity contribution < 1.29 is 14.3 Å². The number of nitrogens with zero attached hydrogens (tertiary/aromatic N) is 1. The van der Waals surface area contributed by atoms with Crippen LogP contribution in [-0.4, -0.2) is 42.5 Å². The van der Waals surface area contributed by atoms with Crippen LogP contribution in [-0.2, 0) is 11.2 Å². The van der Waals surface area contributed by atoms with Crippen LogP contribution in [0.15, 0.2) is 48.5 Å². The first-order valence-electron chi connectivity index (χ1n) is 13.2. The Bertz CT molecular complexity index is 1020. The number of benzene rings is 2. The fourth-order valence-electron chi connectivity index (χ4n) is 5.61. The van der Waals surface area contributed by atoms with Crippen LogP contribution >= 0.6 is 0 Å². The lowest BCUT2D eigenvalue weighted by Crippen LogP contribution is -2.53. The molecule has 1 saturated heterocycles. The van der Waals surface area contributed by atoms with E-state index in [0.717, 1.165) is 49.0 Å². The van der Waals surface area contributed by atoms with Crippen molar-refractivity contribution in [1.29, 1.82) is 0 Å². The molecule has 2 aliphatic heterocycles. The van der Waals surface area contributed by atoms with E-state index in [4.69, 9.17) is 4.74 Å². The molecule has 1 fully saturated rings. The van der Waals surface area contributed by atoms with Gasteiger partial charge in [0.2, 0.25) is 5.91 Å². The minimum absolute atomic E-state index is 0.0292. The van der Waals surface area contributed by atoms with Gasteiger partial charge in [0.15, 0.2) is 0 Å². The minimum Gasteiger partial charge on any atom is -0.491 e. The molecule has 0 saturated carbocycles. The van der Waals surface area contributed by atoms with Crippen LogP contribution in [0.2, 0.25) is 0 Å². The minimum atomic E-state index is -0.420. The highest BCUT2D eigenvalue weighted by Gasteiger charge is 2.42. The molecule has 1 N–H and O–H groups in total. The smallest absolute Gasteiger partial charge is 0.254 e. The number of ether oxygens (including phenoxy) is 1. The van der Waals surface area contributed by atoms with Crippen molar-refractivity contribution in [3.8, 4) is 5.75 Å². The average molecular weight is 477 g/mol. The highest BCUT2D eigenvalue weighted by atomic mass is 16.5. The third-order valence-electron chi connectivity index (χ3n) is 7.72. The fourth-order valence-corrected chi connectivity index (χ4v) is 5.61. The molecule has 2 amide bonds. The number of hydrogen-bond acceptors (Lipinski definition) is 3. The maximum atomic E-state index is 13.8. The molecule has 2 aromatic rings. The summed E-state index contributed by atoms with van der Waals surface area (Å²) in [5.74, 6) is 1.61. The zero-order valence-corrected chi connectivity index (χ0v) is 21.5. The Morgan fingerprint density at radius 3 is 2.51 bits per heavy atom. The number of aryl methyl sites for hydroxylation is 2. The predicted molar refractivity (Wildman–Crippen MR) is 140 cm³/mol. The molecular formula is C30H40N2O3. The van der Waals surface area contributed by atoms with Crippen molar-refractivity contribution in [1.82, 2.24) is 10.2 Å². The molecule has 0 aliphatic carbocycles. The number of hydrogen-bond donors (Lipinski definition) is 1. The molecule has 35 heavy (non-hydrogen) atoms. The zero-order valence-electron chi connectivity index (χ0n) is 21.5. The predicted octanol–water partition coefficient (Wildman–Crippen LogP) is 5.55. The number of carbonyl (C=O) groups is 2. The number of rotatable bonds is 3. The van der Waals surface area contributed by atoms with E-state index < -0.39 is 5.41 Å². The first-order chi connectivity index (χ1) is 16.9. The van der Waals surface area contributed by atoms with E-state index in [1.165, 1.54) is 5.56 Å². The number of carbonyl (C=O) groups excluding carboxylic acids is 2. The van der Waals surface area contributed by atoms with Gasteiger partial charge in [-0.2, -0.15) is 0 Å². The monoisotopic (exact) mass is 476 g/mol. The van der Waals surface area contributed by atoms with Gasteiger partial charge in [-0.25, -0.2) is 0 Å². The van der Waals surface area contributed by atoms with Gasteiger partial charge in [0.05, 0.1) is 11.5 Å². The van der Waals surface area contributed by atoms with Crippen molar-refractivity contribution in [3.63, 3.8) is 0 Å². The van der Waals surface area contributed by atoms with Crippen LogP contribution in [0, 0.1) is 18.3 Å². The van der Waals surface area contributed by atoms with Gasteiger partial charge in [-0.1, -0.05) is 56.7 Å². The number of amides is 2. The summed E-state index contributed by atoms with van der Waals surface area (Å²) in [6.07, 6.45) is 6.13. The molecule has 5 heteroatoms. The molecule has 1 spiro atoms. The van der Waals surface area contributed by atoms with Crippen LogP contribution in [0.3, 0.4) is 0 Å². The molecular weight excluding hydrogens is 436 g/mol. The topological polar surface area (TPSA) is 58.6 Å². The van der Waals surface area contributed by atoms with E-state index in [1.807, 2.05) is 48.2 Å². The van der Waals surface area contributed by atoms with Crippen molar-refractivity contribution in [3.05, 3.63) is 65.2 Å². The van der Waals surface area contributed by atoms with E-state index in [0.29, 0.717) is 38.5 Å². The van der Waals surface area contributed by atoms with Crippen LogP contribution in [0.4, 0.5) is 0 Å². The second-order valence-corrected chi connectivity index (χ2v) is 10.8. The molecule has 2 aromatic carbocycles. The maximum Gasteiger partial charge on any atom is 0.254 e. The lowest BCUT2D eigenvalue weighted by atomic mass is 9.73. The summed E-state index contributed by atoms with van der Waals surface area (Å²) in [5.41, 5.74) is 2.59. The summed E-state index contributed by atoms with van der Waals surface area (Å²) in [6, 6.07) is 16.0. The molecule has 2 aliphatic rings. The van der Waals surface area contributed by atoms with Crippen molar-refractivity contribution in [2.45, 2.75) is 71.8 Å². The van der Waals surface area contributed by atoms with E-state index in [2.05, 4.69) is 31.3 Å². The van der Waals surface area contributed by atoms with Crippen molar-refractivity contribution in [2.75, 3.05) is 19.7 Å². The standard InChI is InChI=1S/C30H40N2O3/c1-22(2)20-25-21-35-27-14-7-5-11-24(27)12-8-9-15-30(29(34)31-25)16-18-32(19-17-30)28(33)26-13-6-4-10-23(26)3/h4-7,10-11,13-14,22,25H,8-9,12,15-21H2,1-3H3,(H,31,34)/t25-/m0/s1. The summed E-state index contributed by atoms with van der Waals surface area (Å²) >= 11 is 0.